The minimum absolute atomic E-state index is 0.521. The van der Waals surface area contributed by atoms with E-state index < -0.39 is 0 Å². The minimum atomic E-state index is 0.521. The number of aliphatic imine (C=N–C) groups is 1. The summed E-state index contributed by atoms with van der Waals surface area (Å²) in [6, 6.07) is 3.79. The van der Waals surface area contributed by atoms with E-state index in [-0.39, 0.29) is 0 Å². The summed E-state index contributed by atoms with van der Waals surface area (Å²) in [5, 5.41) is 9.99. The molecule has 2 aromatic rings. The molecule has 2 aromatic heterocycles. The van der Waals surface area contributed by atoms with Gasteiger partial charge in [-0.2, -0.15) is 0 Å². The Balaban J connectivity index is 1.25. The van der Waals surface area contributed by atoms with E-state index in [4.69, 9.17) is 14.1 Å². The summed E-state index contributed by atoms with van der Waals surface area (Å²) in [5.41, 5.74) is 1.15. The zero-order chi connectivity index (χ0) is 18.7. The van der Waals surface area contributed by atoms with Gasteiger partial charge in [0, 0.05) is 51.6 Å². The van der Waals surface area contributed by atoms with Gasteiger partial charge in [0.2, 0.25) is 0 Å². The molecule has 0 saturated carbocycles. The summed E-state index contributed by atoms with van der Waals surface area (Å²) in [6.07, 6.45) is 6.04. The summed E-state index contributed by atoms with van der Waals surface area (Å²) >= 11 is 1.75. The molecule has 0 amide bonds. The Bertz CT molecular complexity index is 680. The Morgan fingerprint density at radius 2 is 2.19 bits per heavy atom. The normalized spacial score (nSPS) is 14.7. The fraction of sp³-hybridized carbons (Fsp3) is 0.579. The van der Waals surface area contributed by atoms with Gasteiger partial charge < -0.3 is 24.7 Å². The van der Waals surface area contributed by atoms with E-state index in [0.717, 1.165) is 56.4 Å². The van der Waals surface area contributed by atoms with E-state index in [9.17, 15) is 0 Å². The van der Waals surface area contributed by atoms with Crippen LogP contribution in [0.1, 0.15) is 30.7 Å². The maximum atomic E-state index is 5.57. The third kappa shape index (κ3) is 6.55. The fourth-order valence-corrected chi connectivity index (χ4v) is 3.86. The molecule has 0 unspecified atom stereocenters. The number of guanidine groups is 1. The Hall–Kier alpha value is -2.06. The third-order valence-corrected chi connectivity index (χ3v) is 5.35. The number of rotatable bonds is 10. The SMILES string of the molecule is CN=C(NCCCOCc1ccco1)NCCc1csc(N2CCCC2)n1. The highest BCUT2D eigenvalue weighted by atomic mass is 32.1. The quantitative estimate of drug-likeness (QED) is 0.368. The number of hydrogen-bond acceptors (Lipinski definition) is 6. The lowest BCUT2D eigenvalue weighted by atomic mass is 10.3. The molecule has 1 fully saturated rings. The topological polar surface area (TPSA) is 74.9 Å². The van der Waals surface area contributed by atoms with Crippen molar-refractivity contribution in [2.75, 3.05) is 44.7 Å². The van der Waals surface area contributed by atoms with Gasteiger partial charge in [-0.1, -0.05) is 0 Å². The zero-order valence-electron chi connectivity index (χ0n) is 15.9. The second-order valence-corrected chi connectivity index (χ2v) is 7.31. The standard InChI is InChI=1S/C19H29N5O2S/c1-20-18(21-8-5-12-25-14-17-6-4-13-26-17)22-9-7-16-15-27-19(23-16)24-10-2-3-11-24/h4,6,13,15H,2-3,5,7-12,14H2,1H3,(H2,20,21,22). The molecule has 7 nitrogen and oxygen atoms in total. The number of nitrogens with zero attached hydrogens (tertiary/aromatic N) is 3. The van der Waals surface area contributed by atoms with E-state index in [1.807, 2.05) is 12.1 Å². The van der Waals surface area contributed by atoms with Crippen molar-refractivity contribution in [3.8, 4) is 0 Å². The number of thiazole rings is 1. The molecule has 0 aliphatic carbocycles. The average molecular weight is 392 g/mol. The summed E-state index contributed by atoms with van der Waals surface area (Å²) in [4.78, 5) is 11.4. The van der Waals surface area contributed by atoms with Crippen LogP contribution in [0, 0.1) is 0 Å². The first kappa shape index (κ1) is 19.7. The predicted octanol–water partition coefficient (Wildman–Crippen LogP) is 2.65. The molecule has 0 spiro atoms. The molecular formula is C19H29N5O2S. The Morgan fingerprint density at radius 3 is 2.96 bits per heavy atom. The minimum Gasteiger partial charge on any atom is -0.467 e. The summed E-state index contributed by atoms with van der Waals surface area (Å²) in [7, 11) is 1.79. The molecule has 27 heavy (non-hydrogen) atoms. The molecule has 3 heterocycles. The molecule has 2 N–H and O–H groups in total. The Morgan fingerprint density at radius 1 is 1.33 bits per heavy atom. The van der Waals surface area contributed by atoms with Crippen molar-refractivity contribution in [3.05, 3.63) is 35.2 Å². The molecule has 3 rings (SSSR count). The van der Waals surface area contributed by atoms with Gasteiger partial charge in [-0.25, -0.2) is 4.98 Å². The van der Waals surface area contributed by atoms with Crippen LogP contribution in [0.4, 0.5) is 5.13 Å². The molecular weight excluding hydrogens is 362 g/mol. The molecule has 0 radical (unpaired) electrons. The lowest BCUT2D eigenvalue weighted by Gasteiger charge is -2.12. The van der Waals surface area contributed by atoms with Crippen molar-refractivity contribution >= 4 is 22.4 Å². The monoisotopic (exact) mass is 391 g/mol. The van der Waals surface area contributed by atoms with Crippen LogP contribution in [-0.2, 0) is 17.8 Å². The highest BCUT2D eigenvalue weighted by molar-refractivity contribution is 7.13. The van der Waals surface area contributed by atoms with E-state index in [0.29, 0.717) is 13.2 Å². The highest BCUT2D eigenvalue weighted by Crippen LogP contribution is 2.24. The number of nitrogens with one attached hydrogen (secondary N) is 2. The molecule has 1 aliphatic heterocycles. The number of hydrogen-bond donors (Lipinski definition) is 2. The van der Waals surface area contributed by atoms with Crippen molar-refractivity contribution in [1.82, 2.24) is 15.6 Å². The number of aromatic nitrogens is 1. The van der Waals surface area contributed by atoms with E-state index in [2.05, 4.69) is 25.9 Å². The van der Waals surface area contributed by atoms with Gasteiger partial charge in [0.15, 0.2) is 11.1 Å². The number of anilines is 1. The lowest BCUT2D eigenvalue weighted by Crippen LogP contribution is -2.39. The second-order valence-electron chi connectivity index (χ2n) is 6.48. The largest absolute Gasteiger partial charge is 0.467 e. The number of ether oxygens (including phenoxy) is 1. The van der Waals surface area contributed by atoms with Crippen molar-refractivity contribution < 1.29 is 9.15 Å². The van der Waals surface area contributed by atoms with Gasteiger partial charge in [0.05, 0.1) is 12.0 Å². The van der Waals surface area contributed by atoms with Gasteiger partial charge in [-0.3, -0.25) is 4.99 Å². The van der Waals surface area contributed by atoms with Crippen molar-refractivity contribution in [2.45, 2.75) is 32.3 Å². The third-order valence-electron chi connectivity index (χ3n) is 4.40. The van der Waals surface area contributed by atoms with Crippen LogP contribution in [0.25, 0.3) is 0 Å². The molecule has 0 bridgehead atoms. The van der Waals surface area contributed by atoms with Gasteiger partial charge >= 0.3 is 0 Å². The van der Waals surface area contributed by atoms with Gasteiger partial charge in [0.25, 0.3) is 0 Å². The van der Waals surface area contributed by atoms with Crippen LogP contribution in [0.5, 0.6) is 0 Å². The van der Waals surface area contributed by atoms with Crippen LogP contribution in [-0.4, -0.2) is 50.8 Å². The molecule has 148 valence electrons. The number of furan rings is 1. The van der Waals surface area contributed by atoms with Crippen molar-refractivity contribution in [1.29, 1.82) is 0 Å². The Labute approximate surface area is 164 Å². The second kappa shape index (κ2) is 10.9. The molecule has 0 aromatic carbocycles. The molecule has 1 aliphatic rings. The maximum absolute atomic E-state index is 5.57. The molecule has 1 saturated heterocycles. The zero-order valence-corrected chi connectivity index (χ0v) is 16.8. The fourth-order valence-electron chi connectivity index (χ4n) is 2.94. The molecule has 8 heteroatoms. The lowest BCUT2D eigenvalue weighted by molar-refractivity contribution is 0.105. The van der Waals surface area contributed by atoms with Crippen LogP contribution in [0.2, 0.25) is 0 Å². The summed E-state index contributed by atoms with van der Waals surface area (Å²) in [6.45, 7) is 5.13. The first-order valence-corrected chi connectivity index (χ1v) is 10.5. The van der Waals surface area contributed by atoms with Gasteiger partial charge in [-0.05, 0) is 31.4 Å². The first-order chi connectivity index (χ1) is 13.3. The van der Waals surface area contributed by atoms with Gasteiger partial charge in [-0.15, -0.1) is 11.3 Å². The van der Waals surface area contributed by atoms with E-state index in [1.54, 1.807) is 24.6 Å². The average Bonchev–Trinajstić information content (AvgIpc) is 3.45. The van der Waals surface area contributed by atoms with Crippen LogP contribution < -0.4 is 15.5 Å². The first-order valence-electron chi connectivity index (χ1n) is 9.59. The summed E-state index contributed by atoms with van der Waals surface area (Å²) < 4.78 is 10.8. The Kier molecular flexibility index (Phi) is 7.98. The van der Waals surface area contributed by atoms with Crippen molar-refractivity contribution in [3.63, 3.8) is 0 Å². The smallest absolute Gasteiger partial charge is 0.190 e. The van der Waals surface area contributed by atoms with Crippen LogP contribution in [0.15, 0.2) is 33.2 Å². The van der Waals surface area contributed by atoms with Gasteiger partial charge in [0.1, 0.15) is 12.4 Å². The van der Waals surface area contributed by atoms with Crippen LogP contribution >= 0.6 is 11.3 Å². The van der Waals surface area contributed by atoms with Crippen LogP contribution in [0.3, 0.4) is 0 Å². The van der Waals surface area contributed by atoms with Crippen molar-refractivity contribution in [2.24, 2.45) is 4.99 Å². The predicted molar refractivity (Wildman–Crippen MR) is 110 cm³/mol. The van der Waals surface area contributed by atoms with E-state index in [1.165, 1.54) is 18.0 Å². The molecule has 0 atom stereocenters. The summed E-state index contributed by atoms with van der Waals surface area (Å²) in [5.74, 6) is 1.67. The van der Waals surface area contributed by atoms with E-state index >= 15 is 0 Å². The maximum Gasteiger partial charge on any atom is 0.190 e. The highest BCUT2D eigenvalue weighted by Gasteiger charge is 2.15.